The van der Waals surface area contributed by atoms with Crippen molar-refractivity contribution in [2.24, 2.45) is 0 Å². The number of halogens is 2. The summed E-state index contributed by atoms with van der Waals surface area (Å²) < 4.78 is 11.3. The van der Waals surface area contributed by atoms with E-state index in [1.54, 1.807) is 31.4 Å². The van der Waals surface area contributed by atoms with Crippen LogP contribution in [-0.4, -0.2) is 12.0 Å². The molecule has 0 aliphatic heterocycles. The lowest BCUT2D eigenvalue weighted by Gasteiger charge is -2.10. The van der Waals surface area contributed by atoms with Crippen molar-refractivity contribution >= 4 is 33.2 Å². The van der Waals surface area contributed by atoms with E-state index in [-0.39, 0.29) is 17.3 Å². The Labute approximate surface area is 134 Å². The van der Waals surface area contributed by atoms with Crippen molar-refractivity contribution in [1.82, 2.24) is 0 Å². The summed E-state index contributed by atoms with van der Waals surface area (Å²) in [4.78, 5) is 10.6. The number of alkyl halides is 1. The highest BCUT2D eigenvalue weighted by molar-refractivity contribution is 9.10. The number of hydrogen-bond donors (Lipinski definition) is 0. The Bertz CT molecular complexity index is 678. The molecule has 0 N–H and O–H groups in total. The number of ether oxygens (including phenoxy) is 2. The van der Waals surface area contributed by atoms with Gasteiger partial charge in [-0.3, -0.25) is 10.1 Å². The van der Waals surface area contributed by atoms with Gasteiger partial charge in [0.25, 0.3) is 0 Å². The molecule has 0 heterocycles. The van der Waals surface area contributed by atoms with Crippen molar-refractivity contribution in [1.29, 1.82) is 0 Å². The Kier molecular flexibility index (Phi) is 5.03. The van der Waals surface area contributed by atoms with E-state index < -0.39 is 4.92 Å². The van der Waals surface area contributed by atoms with Crippen molar-refractivity contribution in [3.63, 3.8) is 0 Å². The maximum atomic E-state index is 11.1. The van der Waals surface area contributed by atoms with Crippen molar-refractivity contribution < 1.29 is 14.4 Å². The van der Waals surface area contributed by atoms with Gasteiger partial charge in [-0.05, 0) is 45.8 Å². The molecule has 21 heavy (non-hydrogen) atoms. The predicted octanol–water partition coefficient (Wildman–Crippen LogP) is 4.90. The number of methoxy groups -OCH3 is 1. The zero-order valence-corrected chi connectivity index (χ0v) is 13.3. The fourth-order valence-corrected chi connectivity index (χ4v) is 2.29. The van der Waals surface area contributed by atoms with Crippen LogP contribution in [0.2, 0.25) is 0 Å². The molecule has 0 atom stereocenters. The summed E-state index contributed by atoms with van der Waals surface area (Å²) >= 11 is 9.03. The van der Waals surface area contributed by atoms with Crippen LogP contribution in [0.5, 0.6) is 17.2 Å². The second-order valence-corrected chi connectivity index (χ2v) is 5.21. The lowest BCUT2D eigenvalue weighted by Crippen LogP contribution is -1.95. The maximum absolute atomic E-state index is 11.1. The molecular weight excluding hydrogens is 362 g/mol. The van der Waals surface area contributed by atoms with E-state index in [9.17, 15) is 10.1 Å². The quantitative estimate of drug-likeness (QED) is 0.425. The van der Waals surface area contributed by atoms with Crippen LogP contribution in [0.25, 0.3) is 0 Å². The predicted molar refractivity (Wildman–Crippen MR) is 83.4 cm³/mol. The highest BCUT2D eigenvalue weighted by Crippen LogP contribution is 2.37. The Balaban J connectivity index is 2.37. The third-order valence-corrected chi connectivity index (χ3v) is 3.66. The normalized spacial score (nSPS) is 10.2. The van der Waals surface area contributed by atoms with Crippen LogP contribution >= 0.6 is 27.5 Å². The number of nitro benzene ring substituents is 1. The number of nitro groups is 1. The molecule has 110 valence electrons. The van der Waals surface area contributed by atoms with Gasteiger partial charge in [0, 0.05) is 11.9 Å². The molecule has 2 aromatic carbocycles. The third-order valence-electron chi connectivity index (χ3n) is 2.73. The number of hydrogen-bond acceptors (Lipinski definition) is 4. The van der Waals surface area contributed by atoms with Gasteiger partial charge in [0.05, 0.1) is 16.5 Å². The summed E-state index contributed by atoms with van der Waals surface area (Å²) in [7, 11) is 1.55. The van der Waals surface area contributed by atoms with Gasteiger partial charge in [0.2, 0.25) is 5.75 Å². The first kappa shape index (κ1) is 15.6. The van der Waals surface area contributed by atoms with Gasteiger partial charge in [-0.15, -0.1) is 11.6 Å². The van der Waals surface area contributed by atoms with E-state index in [0.29, 0.717) is 21.5 Å². The topological polar surface area (TPSA) is 61.6 Å². The zero-order valence-electron chi connectivity index (χ0n) is 11.0. The van der Waals surface area contributed by atoms with Crippen LogP contribution < -0.4 is 9.47 Å². The molecule has 0 saturated carbocycles. The van der Waals surface area contributed by atoms with Gasteiger partial charge in [-0.2, -0.15) is 0 Å². The monoisotopic (exact) mass is 371 g/mol. The number of benzene rings is 2. The summed E-state index contributed by atoms with van der Waals surface area (Å²) in [5.41, 5.74) is 0.528. The van der Waals surface area contributed by atoms with Gasteiger partial charge in [-0.1, -0.05) is 6.07 Å². The number of nitrogens with zero attached hydrogens (tertiary/aromatic N) is 1. The largest absolute Gasteiger partial charge is 0.497 e. The van der Waals surface area contributed by atoms with Crippen molar-refractivity contribution in [3.05, 3.63) is 56.5 Å². The Morgan fingerprint density at radius 2 is 1.95 bits per heavy atom. The van der Waals surface area contributed by atoms with Crippen LogP contribution in [0.1, 0.15) is 5.56 Å². The summed E-state index contributed by atoms with van der Waals surface area (Å²) in [5.74, 6) is 1.46. The molecule has 0 saturated heterocycles. The summed E-state index contributed by atoms with van der Waals surface area (Å²) in [6, 6.07) is 9.72. The van der Waals surface area contributed by atoms with E-state index >= 15 is 0 Å². The molecule has 0 radical (unpaired) electrons. The first-order valence-electron chi connectivity index (χ1n) is 5.90. The van der Waals surface area contributed by atoms with Crippen LogP contribution in [0.15, 0.2) is 40.9 Å². The molecule has 0 amide bonds. The average molecular weight is 373 g/mol. The van der Waals surface area contributed by atoms with E-state index in [2.05, 4.69) is 15.9 Å². The first-order chi connectivity index (χ1) is 10.0. The lowest BCUT2D eigenvalue weighted by molar-refractivity contribution is -0.385. The highest BCUT2D eigenvalue weighted by Gasteiger charge is 2.17. The number of rotatable bonds is 5. The van der Waals surface area contributed by atoms with Crippen LogP contribution in [0.4, 0.5) is 5.69 Å². The molecule has 7 heteroatoms. The minimum Gasteiger partial charge on any atom is -0.497 e. The molecule has 0 spiro atoms. The smallest absolute Gasteiger partial charge is 0.311 e. The van der Waals surface area contributed by atoms with Crippen LogP contribution in [0, 0.1) is 10.1 Å². The van der Waals surface area contributed by atoms with Crippen LogP contribution in [0.3, 0.4) is 0 Å². The van der Waals surface area contributed by atoms with Crippen molar-refractivity contribution in [3.8, 4) is 17.2 Å². The minimum absolute atomic E-state index is 0.129. The Hall–Kier alpha value is -1.79. The molecule has 0 aliphatic carbocycles. The molecule has 5 nitrogen and oxygen atoms in total. The molecule has 0 fully saturated rings. The zero-order chi connectivity index (χ0) is 15.4. The van der Waals surface area contributed by atoms with E-state index in [0.717, 1.165) is 0 Å². The Morgan fingerprint density at radius 1 is 1.24 bits per heavy atom. The van der Waals surface area contributed by atoms with E-state index in [1.165, 1.54) is 12.1 Å². The average Bonchev–Trinajstić information content (AvgIpc) is 2.49. The molecule has 0 unspecified atom stereocenters. The second-order valence-electron chi connectivity index (χ2n) is 4.09. The maximum Gasteiger partial charge on any atom is 0.311 e. The van der Waals surface area contributed by atoms with E-state index in [4.69, 9.17) is 21.1 Å². The molecule has 2 rings (SSSR count). The van der Waals surface area contributed by atoms with Gasteiger partial charge >= 0.3 is 5.69 Å². The summed E-state index contributed by atoms with van der Waals surface area (Å²) in [5, 5.41) is 11.1. The highest BCUT2D eigenvalue weighted by atomic mass is 79.9. The molecule has 0 bridgehead atoms. The third kappa shape index (κ3) is 3.65. The standard InChI is InChI=1S/C14H11BrClNO4/c1-20-10-3-5-13(11(15)7-10)21-14-4-2-9(8-16)6-12(14)17(18)19/h2-7H,8H2,1H3. The summed E-state index contributed by atoms with van der Waals surface area (Å²) in [6.07, 6.45) is 0. The Morgan fingerprint density at radius 3 is 2.52 bits per heavy atom. The first-order valence-corrected chi connectivity index (χ1v) is 7.22. The molecular formula is C14H11BrClNO4. The minimum atomic E-state index is -0.497. The van der Waals surface area contributed by atoms with Gasteiger partial charge in [0.1, 0.15) is 11.5 Å². The van der Waals surface area contributed by atoms with Gasteiger partial charge in [-0.25, -0.2) is 0 Å². The van der Waals surface area contributed by atoms with E-state index in [1.807, 2.05) is 0 Å². The molecule has 2 aromatic rings. The van der Waals surface area contributed by atoms with Crippen molar-refractivity contribution in [2.45, 2.75) is 5.88 Å². The fraction of sp³-hybridized carbons (Fsp3) is 0.143. The SMILES string of the molecule is COc1ccc(Oc2ccc(CCl)cc2[N+](=O)[O-])c(Br)c1. The van der Waals surface area contributed by atoms with Gasteiger partial charge in [0.15, 0.2) is 0 Å². The van der Waals surface area contributed by atoms with Gasteiger partial charge < -0.3 is 9.47 Å². The lowest BCUT2D eigenvalue weighted by atomic mass is 10.2. The van der Waals surface area contributed by atoms with Crippen molar-refractivity contribution in [2.75, 3.05) is 7.11 Å². The molecule has 0 aromatic heterocycles. The fourth-order valence-electron chi connectivity index (χ4n) is 1.68. The second kappa shape index (κ2) is 6.78. The molecule has 0 aliphatic rings. The van der Waals surface area contributed by atoms with Crippen LogP contribution in [-0.2, 0) is 5.88 Å². The summed E-state index contributed by atoms with van der Waals surface area (Å²) in [6.45, 7) is 0.